The highest BCUT2D eigenvalue weighted by molar-refractivity contribution is 6.62. The Kier molecular flexibility index (Phi) is 8.34. The lowest BCUT2D eigenvalue weighted by Crippen LogP contribution is -2.48. The van der Waals surface area contributed by atoms with Crippen LogP contribution in [0.15, 0.2) is 24.3 Å². The average Bonchev–Trinajstić information content (AvgIpc) is 2.92. The van der Waals surface area contributed by atoms with E-state index in [9.17, 15) is 9.59 Å². The summed E-state index contributed by atoms with van der Waals surface area (Å²) in [6, 6.07) is 7.25. The Morgan fingerprint density at radius 3 is 2.06 bits per heavy atom. The van der Waals surface area contributed by atoms with Crippen molar-refractivity contribution >= 4 is 24.5 Å². The van der Waals surface area contributed by atoms with Crippen LogP contribution in [-0.4, -0.2) is 48.2 Å². The van der Waals surface area contributed by atoms with Crippen LogP contribution < -0.4 is 5.46 Å². The first-order valence-corrected chi connectivity index (χ1v) is 11.2. The van der Waals surface area contributed by atoms with Crippen LogP contribution in [0.5, 0.6) is 0 Å². The van der Waals surface area contributed by atoms with Gasteiger partial charge in [-0.1, -0.05) is 51.5 Å². The molecule has 1 aliphatic rings. The number of unbranched alkanes of at least 4 members (excludes halogenated alkanes) is 1. The Morgan fingerprint density at radius 2 is 1.61 bits per heavy atom. The first kappa shape index (κ1) is 25.4. The van der Waals surface area contributed by atoms with Gasteiger partial charge in [-0.15, -0.1) is 0 Å². The van der Waals surface area contributed by atoms with E-state index >= 15 is 0 Å². The van der Waals surface area contributed by atoms with Gasteiger partial charge in [0.1, 0.15) is 6.04 Å². The Labute approximate surface area is 187 Å². The standard InChI is InChI=1S/C24H38BNO5/c1-9-10-11-20(27)26(21(17(2)3)22(28)29-8)16-18-12-14-19(15-13-18)25-30-23(4,5)24(6,7)31-25/h12-15,17,21H,9-11,16H2,1-8H3. The minimum atomic E-state index is -0.614. The molecule has 0 aliphatic carbocycles. The molecule has 1 amide bonds. The Balaban J connectivity index is 2.22. The zero-order valence-corrected chi connectivity index (χ0v) is 20.4. The number of rotatable bonds is 9. The minimum absolute atomic E-state index is 0.0269. The zero-order valence-electron chi connectivity index (χ0n) is 20.4. The highest BCUT2D eigenvalue weighted by Gasteiger charge is 2.51. The van der Waals surface area contributed by atoms with Crippen molar-refractivity contribution < 1.29 is 23.6 Å². The zero-order chi connectivity index (χ0) is 23.4. The number of methoxy groups -OCH3 is 1. The number of ether oxygens (including phenoxy) is 1. The maximum Gasteiger partial charge on any atom is 0.494 e. The fourth-order valence-corrected chi connectivity index (χ4v) is 3.65. The molecular formula is C24H38BNO5. The van der Waals surface area contributed by atoms with Crippen LogP contribution in [-0.2, 0) is 30.2 Å². The summed E-state index contributed by atoms with van der Waals surface area (Å²) in [4.78, 5) is 27.1. The topological polar surface area (TPSA) is 65.1 Å². The smallest absolute Gasteiger partial charge is 0.467 e. The third-order valence-electron chi connectivity index (χ3n) is 6.33. The summed E-state index contributed by atoms with van der Waals surface area (Å²) < 4.78 is 17.2. The second kappa shape index (κ2) is 10.2. The molecule has 0 spiro atoms. The number of esters is 1. The maximum absolute atomic E-state index is 13.0. The van der Waals surface area contributed by atoms with E-state index in [1.54, 1.807) is 4.90 Å². The maximum atomic E-state index is 13.0. The van der Waals surface area contributed by atoms with E-state index in [0.717, 1.165) is 23.9 Å². The monoisotopic (exact) mass is 431 g/mol. The minimum Gasteiger partial charge on any atom is -0.467 e. The van der Waals surface area contributed by atoms with Gasteiger partial charge in [-0.05, 0) is 51.1 Å². The Morgan fingerprint density at radius 1 is 1.06 bits per heavy atom. The molecule has 2 rings (SSSR count). The van der Waals surface area contributed by atoms with Crippen LogP contribution in [0.4, 0.5) is 0 Å². The Hall–Kier alpha value is -1.86. The predicted octanol–water partition coefficient (Wildman–Crippen LogP) is 3.70. The third kappa shape index (κ3) is 5.89. The van der Waals surface area contributed by atoms with Gasteiger partial charge < -0.3 is 18.9 Å². The molecule has 1 atom stereocenters. The quantitative estimate of drug-likeness (QED) is 0.441. The van der Waals surface area contributed by atoms with E-state index in [-0.39, 0.29) is 17.8 Å². The molecule has 7 heteroatoms. The highest BCUT2D eigenvalue weighted by Crippen LogP contribution is 2.36. The largest absolute Gasteiger partial charge is 0.494 e. The number of nitrogens with zero attached hydrogens (tertiary/aromatic N) is 1. The summed E-state index contributed by atoms with van der Waals surface area (Å²) in [6.07, 6.45) is 2.14. The van der Waals surface area contributed by atoms with E-state index in [4.69, 9.17) is 14.0 Å². The second-order valence-electron chi connectivity index (χ2n) is 9.67. The normalized spacial score (nSPS) is 18.2. The van der Waals surface area contributed by atoms with Crippen molar-refractivity contribution in [2.24, 2.45) is 5.92 Å². The van der Waals surface area contributed by atoms with Crippen molar-refractivity contribution in [1.29, 1.82) is 0 Å². The fourth-order valence-electron chi connectivity index (χ4n) is 3.65. The fraction of sp³-hybridized carbons (Fsp3) is 0.667. The van der Waals surface area contributed by atoms with Crippen LogP contribution in [0.25, 0.3) is 0 Å². The SMILES string of the molecule is CCCCC(=O)N(Cc1ccc(B2OC(C)(C)C(C)(C)O2)cc1)C(C(=O)OC)C(C)C. The first-order chi connectivity index (χ1) is 14.4. The molecule has 1 fully saturated rings. The van der Waals surface area contributed by atoms with Crippen LogP contribution in [0.3, 0.4) is 0 Å². The van der Waals surface area contributed by atoms with Crippen molar-refractivity contribution in [3.63, 3.8) is 0 Å². The first-order valence-electron chi connectivity index (χ1n) is 11.2. The van der Waals surface area contributed by atoms with Gasteiger partial charge in [0.15, 0.2) is 0 Å². The molecule has 1 aromatic rings. The molecule has 0 radical (unpaired) electrons. The van der Waals surface area contributed by atoms with Crippen LogP contribution in [0, 0.1) is 5.92 Å². The summed E-state index contributed by atoms with van der Waals surface area (Å²) >= 11 is 0. The van der Waals surface area contributed by atoms with Crippen LogP contribution >= 0.6 is 0 Å². The lowest BCUT2D eigenvalue weighted by Gasteiger charge is -2.32. The van der Waals surface area contributed by atoms with E-state index in [1.165, 1.54) is 7.11 Å². The predicted molar refractivity (Wildman–Crippen MR) is 123 cm³/mol. The molecule has 31 heavy (non-hydrogen) atoms. The van der Waals surface area contributed by atoms with Crippen molar-refractivity contribution in [2.75, 3.05) is 7.11 Å². The lowest BCUT2D eigenvalue weighted by atomic mass is 9.79. The summed E-state index contributed by atoms with van der Waals surface area (Å²) in [5, 5.41) is 0. The van der Waals surface area contributed by atoms with Gasteiger partial charge in [-0.2, -0.15) is 0 Å². The van der Waals surface area contributed by atoms with Crippen molar-refractivity contribution in [3.8, 4) is 0 Å². The highest BCUT2D eigenvalue weighted by atomic mass is 16.7. The molecule has 6 nitrogen and oxygen atoms in total. The van der Waals surface area contributed by atoms with Gasteiger partial charge in [-0.3, -0.25) is 4.79 Å². The van der Waals surface area contributed by atoms with Crippen LogP contribution in [0.2, 0.25) is 0 Å². The number of carbonyl (C=O) groups is 2. The summed E-state index contributed by atoms with van der Waals surface area (Å²) in [6.45, 7) is 14.4. The van der Waals surface area contributed by atoms with Crippen molar-refractivity contribution in [1.82, 2.24) is 4.90 Å². The van der Waals surface area contributed by atoms with Gasteiger partial charge in [0, 0.05) is 13.0 Å². The number of benzene rings is 1. The van der Waals surface area contributed by atoms with E-state index < -0.39 is 24.4 Å². The molecule has 0 saturated carbocycles. The molecule has 0 aromatic heterocycles. The van der Waals surface area contributed by atoms with E-state index in [2.05, 4.69) is 0 Å². The summed E-state index contributed by atoms with van der Waals surface area (Å²) in [5.41, 5.74) is 1.08. The second-order valence-corrected chi connectivity index (χ2v) is 9.67. The molecule has 172 valence electrons. The molecule has 0 bridgehead atoms. The molecule has 0 N–H and O–H groups in total. The molecule has 1 saturated heterocycles. The molecule has 1 aromatic carbocycles. The number of hydrogen-bond acceptors (Lipinski definition) is 5. The van der Waals surface area contributed by atoms with Crippen LogP contribution in [0.1, 0.15) is 73.3 Å². The van der Waals surface area contributed by atoms with E-state index in [0.29, 0.717) is 13.0 Å². The average molecular weight is 431 g/mol. The number of hydrogen-bond donors (Lipinski definition) is 0. The van der Waals surface area contributed by atoms with Gasteiger partial charge in [0.2, 0.25) is 5.91 Å². The molecule has 1 aliphatic heterocycles. The number of carbonyl (C=O) groups excluding carboxylic acids is 2. The van der Waals surface area contributed by atoms with Gasteiger partial charge >= 0.3 is 13.1 Å². The van der Waals surface area contributed by atoms with E-state index in [1.807, 2.05) is 72.7 Å². The van der Waals surface area contributed by atoms with Gasteiger partial charge in [0.25, 0.3) is 0 Å². The molecule has 1 unspecified atom stereocenters. The van der Waals surface area contributed by atoms with Crippen molar-refractivity contribution in [3.05, 3.63) is 29.8 Å². The number of amides is 1. The summed E-state index contributed by atoms with van der Waals surface area (Å²) in [7, 11) is 0.936. The summed E-state index contributed by atoms with van der Waals surface area (Å²) in [5.74, 6) is -0.461. The molecule has 1 heterocycles. The van der Waals surface area contributed by atoms with Gasteiger partial charge in [-0.25, -0.2) is 4.79 Å². The third-order valence-corrected chi connectivity index (χ3v) is 6.33. The van der Waals surface area contributed by atoms with Gasteiger partial charge in [0.05, 0.1) is 18.3 Å². The Bertz CT molecular complexity index is 744. The lowest BCUT2D eigenvalue weighted by molar-refractivity contribution is -0.155. The van der Waals surface area contributed by atoms with Crippen molar-refractivity contribution in [2.45, 2.75) is 91.5 Å². The molecular weight excluding hydrogens is 393 g/mol.